The van der Waals surface area contributed by atoms with Gasteiger partial charge in [0, 0.05) is 19.2 Å². The van der Waals surface area contributed by atoms with Crippen LogP contribution in [-0.2, 0) is 4.79 Å². The number of ether oxygens (including phenoxy) is 2. The Morgan fingerprint density at radius 3 is 2.56 bits per heavy atom. The minimum atomic E-state index is -0.269. The molecule has 1 aliphatic rings. The van der Waals surface area contributed by atoms with Gasteiger partial charge in [-0.3, -0.25) is 4.79 Å². The van der Waals surface area contributed by atoms with E-state index in [2.05, 4.69) is 10.2 Å². The van der Waals surface area contributed by atoms with Crippen LogP contribution < -0.4 is 9.47 Å². The predicted octanol–water partition coefficient (Wildman–Crippen LogP) is 3.64. The molecule has 1 aliphatic heterocycles. The van der Waals surface area contributed by atoms with Gasteiger partial charge >= 0.3 is 0 Å². The fraction of sp³-hybridized carbons (Fsp3) is 0.526. The zero-order valence-electron chi connectivity index (χ0n) is 15.9. The van der Waals surface area contributed by atoms with E-state index in [1.807, 2.05) is 17.9 Å². The van der Waals surface area contributed by atoms with Crippen LogP contribution in [0.4, 0.5) is 0 Å². The standard InChI is InChI=1S/C19H25N3O4S/c1-13(18(23)22-10-6-4-5-7-11-22)27-19-21-20-17(26-19)15-9-8-14(24-2)12-16(15)25-3/h8-9,12-13H,4-7,10-11H2,1-3H3/t13-/m1/s1. The molecular weight excluding hydrogens is 366 g/mol. The summed E-state index contributed by atoms with van der Waals surface area (Å²) in [6.45, 7) is 3.56. The number of amides is 1. The highest BCUT2D eigenvalue weighted by atomic mass is 32.2. The second kappa shape index (κ2) is 9.12. The van der Waals surface area contributed by atoms with E-state index in [1.54, 1.807) is 26.4 Å². The normalized spacial score (nSPS) is 15.9. The number of hydrogen-bond acceptors (Lipinski definition) is 7. The molecule has 1 saturated heterocycles. The third-order valence-corrected chi connectivity index (χ3v) is 5.51. The summed E-state index contributed by atoms with van der Waals surface area (Å²) in [5.41, 5.74) is 0.684. The van der Waals surface area contributed by atoms with Crippen molar-refractivity contribution in [2.45, 2.75) is 43.1 Å². The van der Waals surface area contributed by atoms with Crippen molar-refractivity contribution < 1.29 is 18.7 Å². The van der Waals surface area contributed by atoms with E-state index >= 15 is 0 Å². The van der Waals surface area contributed by atoms with Gasteiger partial charge in [-0.15, -0.1) is 10.2 Å². The number of carbonyl (C=O) groups excluding carboxylic acids is 1. The van der Waals surface area contributed by atoms with E-state index in [9.17, 15) is 4.79 Å². The Morgan fingerprint density at radius 2 is 1.89 bits per heavy atom. The maximum atomic E-state index is 12.7. The SMILES string of the molecule is COc1ccc(-c2nnc(S[C@H](C)C(=O)N3CCCCCC3)o2)c(OC)c1. The molecule has 2 heterocycles. The van der Waals surface area contributed by atoms with Crippen molar-refractivity contribution in [2.75, 3.05) is 27.3 Å². The van der Waals surface area contributed by atoms with E-state index < -0.39 is 0 Å². The topological polar surface area (TPSA) is 77.7 Å². The van der Waals surface area contributed by atoms with Gasteiger partial charge in [-0.25, -0.2) is 0 Å². The Kier molecular flexibility index (Phi) is 6.60. The maximum Gasteiger partial charge on any atom is 0.277 e. The van der Waals surface area contributed by atoms with Crippen LogP contribution in [0.3, 0.4) is 0 Å². The number of rotatable bonds is 6. The molecule has 0 saturated carbocycles. The second-order valence-corrected chi connectivity index (χ2v) is 7.73. The van der Waals surface area contributed by atoms with Crippen LogP contribution >= 0.6 is 11.8 Å². The van der Waals surface area contributed by atoms with Gasteiger partial charge in [0.15, 0.2) is 0 Å². The molecule has 1 aromatic carbocycles. The molecule has 0 spiro atoms. The smallest absolute Gasteiger partial charge is 0.277 e. The zero-order valence-corrected chi connectivity index (χ0v) is 16.8. The first kappa shape index (κ1) is 19.5. The number of hydrogen-bond donors (Lipinski definition) is 0. The number of nitrogens with zero attached hydrogens (tertiary/aromatic N) is 3. The molecular formula is C19H25N3O4S. The highest BCUT2D eigenvalue weighted by Crippen LogP contribution is 2.34. The lowest BCUT2D eigenvalue weighted by molar-refractivity contribution is -0.130. The monoisotopic (exact) mass is 391 g/mol. The van der Waals surface area contributed by atoms with Crippen molar-refractivity contribution in [1.29, 1.82) is 0 Å². The number of aromatic nitrogens is 2. The molecule has 0 radical (unpaired) electrons. The number of carbonyl (C=O) groups is 1. The molecule has 0 N–H and O–H groups in total. The fourth-order valence-corrected chi connectivity index (χ4v) is 3.86. The Hall–Kier alpha value is -2.22. The van der Waals surface area contributed by atoms with Gasteiger partial charge in [0.25, 0.3) is 11.1 Å². The van der Waals surface area contributed by atoms with Gasteiger partial charge in [-0.05, 0) is 31.9 Å². The first-order chi connectivity index (χ1) is 13.1. The Morgan fingerprint density at radius 1 is 1.15 bits per heavy atom. The van der Waals surface area contributed by atoms with E-state index in [0.717, 1.165) is 25.9 Å². The lowest BCUT2D eigenvalue weighted by atomic mass is 10.2. The van der Waals surface area contributed by atoms with Gasteiger partial charge in [0.1, 0.15) is 11.5 Å². The van der Waals surface area contributed by atoms with E-state index in [0.29, 0.717) is 28.2 Å². The largest absolute Gasteiger partial charge is 0.497 e. The van der Waals surface area contributed by atoms with E-state index in [-0.39, 0.29) is 11.2 Å². The minimum absolute atomic E-state index is 0.128. The number of thioether (sulfide) groups is 1. The zero-order chi connectivity index (χ0) is 19.2. The van der Waals surface area contributed by atoms with Crippen LogP contribution in [-0.4, -0.2) is 53.6 Å². The molecule has 1 fully saturated rings. The molecule has 7 nitrogen and oxygen atoms in total. The van der Waals surface area contributed by atoms with Gasteiger partial charge in [0.05, 0.1) is 25.0 Å². The van der Waals surface area contributed by atoms with Gasteiger partial charge in [-0.1, -0.05) is 24.6 Å². The Labute approximate surface area is 163 Å². The van der Waals surface area contributed by atoms with Crippen molar-refractivity contribution in [3.05, 3.63) is 18.2 Å². The first-order valence-electron chi connectivity index (χ1n) is 9.13. The first-order valence-corrected chi connectivity index (χ1v) is 10.0. The highest BCUT2D eigenvalue weighted by Gasteiger charge is 2.25. The number of methoxy groups -OCH3 is 2. The van der Waals surface area contributed by atoms with Crippen LogP contribution in [0, 0.1) is 0 Å². The fourth-order valence-electron chi connectivity index (χ4n) is 3.09. The lowest BCUT2D eigenvalue weighted by Gasteiger charge is -2.23. The predicted molar refractivity (Wildman–Crippen MR) is 103 cm³/mol. The summed E-state index contributed by atoms with van der Waals surface area (Å²) < 4.78 is 16.4. The molecule has 1 aromatic heterocycles. The third-order valence-electron chi connectivity index (χ3n) is 4.59. The van der Waals surface area contributed by atoms with Gasteiger partial charge < -0.3 is 18.8 Å². The molecule has 0 bridgehead atoms. The highest BCUT2D eigenvalue weighted by molar-refractivity contribution is 8.00. The minimum Gasteiger partial charge on any atom is -0.497 e. The summed E-state index contributed by atoms with van der Waals surface area (Å²) in [6.07, 6.45) is 4.54. The molecule has 1 amide bonds. The summed E-state index contributed by atoms with van der Waals surface area (Å²) in [6, 6.07) is 5.38. The molecule has 1 atom stereocenters. The number of likely N-dealkylation sites (tertiary alicyclic amines) is 1. The van der Waals surface area contributed by atoms with Crippen molar-refractivity contribution in [3.8, 4) is 23.0 Å². The summed E-state index contributed by atoms with van der Waals surface area (Å²) in [7, 11) is 3.17. The summed E-state index contributed by atoms with van der Waals surface area (Å²) in [5, 5.41) is 8.30. The summed E-state index contributed by atoms with van der Waals surface area (Å²) in [4.78, 5) is 14.6. The van der Waals surface area contributed by atoms with Crippen LogP contribution in [0.2, 0.25) is 0 Å². The third kappa shape index (κ3) is 4.74. The van der Waals surface area contributed by atoms with Crippen LogP contribution in [0.1, 0.15) is 32.6 Å². The quantitative estimate of drug-likeness (QED) is 0.696. The van der Waals surface area contributed by atoms with E-state index in [4.69, 9.17) is 13.9 Å². The summed E-state index contributed by atoms with van der Waals surface area (Å²) in [5.74, 6) is 1.75. The molecule has 8 heteroatoms. The second-order valence-electron chi connectivity index (χ2n) is 6.44. The average Bonchev–Trinajstić information content (AvgIpc) is 2.98. The maximum absolute atomic E-state index is 12.7. The van der Waals surface area contributed by atoms with E-state index in [1.165, 1.54) is 24.6 Å². The summed E-state index contributed by atoms with van der Waals surface area (Å²) >= 11 is 1.29. The molecule has 146 valence electrons. The van der Waals surface area contributed by atoms with Crippen LogP contribution in [0.15, 0.2) is 27.8 Å². The molecule has 0 aliphatic carbocycles. The number of benzene rings is 1. The average molecular weight is 391 g/mol. The van der Waals surface area contributed by atoms with Crippen molar-refractivity contribution in [2.24, 2.45) is 0 Å². The van der Waals surface area contributed by atoms with Gasteiger partial charge in [0.2, 0.25) is 5.91 Å². The van der Waals surface area contributed by atoms with Crippen molar-refractivity contribution in [3.63, 3.8) is 0 Å². The molecule has 2 aromatic rings. The van der Waals surface area contributed by atoms with Crippen LogP contribution in [0.25, 0.3) is 11.5 Å². The van der Waals surface area contributed by atoms with Crippen molar-refractivity contribution in [1.82, 2.24) is 15.1 Å². The van der Waals surface area contributed by atoms with Crippen molar-refractivity contribution >= 4 is 17.7 Å². The van der Waals surface area contributed by atoms with Crippen LogP contribution in [0.5, 0.6) is 11.5 Å². The Balaban J connectivity index is 1.69. The molecule has 3 rings (SSSR count). The lowest BCUT2D eigenvalue weighted by Crippen LogP contribution is -2.37. The molecule has 0 unspecified atom stereocenters. The van der Waals surface area contributed by atoms with Gasteiger partial charge in [-0.2, -0.15) is 0 Å². The Bertz CT molecular complexity index is 772. The molecule has 27 heavy (non-hydrogen) atoms.